The zero-order chi connectivity index (χ0) is 10.8. The van der Waals surface area contributed by atoms with Crippen LogP contribution in [0.3, 0.4) is 0 Å². The molecule has 0 saturated heterocycles. The molecule has 0 bridgehead atoms. The van der Waals surface area contributed by atoms with Crippen LogP contribution < -0.4 is 5.32 Å². The Hall–Kier alpha value is -0.560. The molecule has 0 saturated carbocycles. The molecule has 1 N–H and O–H groups in total. The second-order valence-electron chi connectivity index (χ2n) is 2.61. The van der Waals surface area contributed by atoms with Crippen molar-refractivity contribution in [3.63, 3.8) is 0 Å². The minimum atomic E-state index is -4.43. The standard InChI is InChI=1S/C6H7ClF3N3S/c1-3(2-7)11-5-13-12-4(14-5)6(8,9)10/h3H,2H2,1H3,(H,11,13). The number of hydrogen-bond donors (Lipinski definition) is 1. The summed E-state index contributed by atoms with van der Waals surface area (Å²) in [6.07, 6.45) is -4.43. The van der Waals surface area contributed by atoms with Crippen molar-refractivity contribution in [3.8, 4) is 0 Å². The van der Waals surface area contributed by atoms with Crippen molar-refractivity contribution in [3.05, 3.63) is 5.01 Å². The van der Waals surface area contributed by atoms with Gasteiger partial charge >= 0.3 is 6.18 Å². The van der Waals surface area contributed by atoms with Gasteiger partial charge in [-0.2, -0.15) is 13.2 Å². The van der Waals surface area contributed by atoms with Gasteiger partial charge in [0, 0.05) is 11.9 Å². The van der Waals surface area contributed by atoms with Gasteiger partial charge in [0.25, 0.3) is 0 Å². The maximum atomic E-state index is 12.1. The fourth-order valence-corrected chi connectivity index (χ4v) is 1.44. The Balaban J connectivity index is 2.69. The summed E-state index contributed by atoms with van der Waals surface area (Å²) in [4.78, 5) is 0. The lowest BCUT2D eigenvalue weighted by molar-refractivity contribution is -0.138. The summed E-state index contributed by atoms with van der Waals surface area (Å²) in [7, 11) is 0. The zero-order valence-corrected chi connectivity index (χ0v) is 8.67. The number of anilines is 1. The average Bonchev–Trinajstić information content (AvgIpc) is 2.51. The Morgan fingerprint density at radius 2 is 2.14 bits per heavy atom. The van der Waals surface area contributed by atoms with Crippen molar-refractivity contribution in [2.24, 2.45) is 0 Å². The van der Waals surface area contributed by atoms with E-state index in [4.69, 9.17) is 11.6 Å². The Kier molecular flexibility index (Phi) is 3.54. The number of nitrogens with one attached hydrogen (secondary N) is 1. The first-order chi connectivity index (χ1) is 6.43. The van der Waals surface area contributed by atoms with Gasteiger partial charge in [0.15, 0.2) is 0 Å². The highest BCUT2D eigenvalue weighted by Crippen LogP contribution is 2.33. The van der Waals surface area contributed by atoms with Crippen molar-refractivity contribution in [1.29, 1.82) is 0 Å². The highest BCUT2D eigenvalue weighted by Gasteiger charge is 2.35. The first-order valence-electron chi connectivity index (χ1n) is 3.66. The molecule has 1 heterocycles. The lowest BCUT2D eigenvalue weighted by Gasteiger charge is -2.06. The third kappa shape index (κ3) is 2.98. The molecule has 80 valence electrons. The summed E-state index contributed by atoms with van der Waals surface area (Å²) < 4.78 is 36.2. The van der Waals surface area contributed by atoms with Gasteiger partial charge in [-0.3, -0.25) is 0 Å². The number of halogens is 4. The molecule has 0 aliphatic rings. The first kappa shape index (κ1) is 11.5. The lowest BCUT2D eigenvalue weighted by atomic mass is 10.4. The molecule has 0 amide bonds. The second kappa shape index (κ2) is 4.31. The van der Waals surface area contributed by atoms with Crippen molar-refractivity contribution < 1.29 is 13.2 Å². The monoisotopic (exact) mass is 245 g/mol. The normalized spacial score (nSPS) is 14.1. The largest absolute Gasteiger partial charge is 0.445 e. The molecular formula is C6H7ClF3N3S. The molecule has 8 heteroatoms. The number of alkyl halides is 4. The smallest absolute Gasteiger partial charge is 0.356 e. The molecule has 1 unspecified atom stereocenters. The van der Waals surface area contributed by atoms with E-state index in [0.717, 1.165) is 0 Å². The minimum absolute atomic E-state index is 0.130. The van der Waals surface area contributed by atoms with E-state index in [0.29, 0.717) is 17.2 Å². The van der Waals surface area contributed by atoms with Crippen LogP contribution in [-0.4, -0.2) is 22.1 Å². The Morgan fingerprint density at radius 3 is 2.57 bits per heavy atom. The fourth-order valence-electron chi connectivity index (χ4n) is 0.645. The van der Waals surface area contributed by atoms with Crippen molar-refractivity contribution >= 4 is 28.1 Å². The van der Waals surface area contributed by atoms with Crippen molar-refractivity contribution in [2.75, 3.05) is 11.2 Å². The van der Waals surface area contributed by atoms with E-state index in [1.54, 1.807) is 6.92 Å². The summed E-state index contributed by atoms with van der Waals surface area (Å²) >= 11 is 5.94. The number of hydrogen-bond acceptors (Lipinski definition) is 4. The van der Waals surface area contributed by atoms with E-state index in [1.165, 1.54) is 0 Å². The summed E-state index contributed by atoms with van der Waals surface area (Å²) in [5, 5.41) is 8.23. The van der Waals surface area contributed by atoms with Crippen molar-refractivity contribution in [2.45, 2.75) is 19.1 Å². The first-order valence-corrected chi connectivity index (χ1v) is 5.01. The second-order valence-corrected chi connectivity index (χ2v) is 3.90. The predicted molar refractivity (Wildman–Crippen MR) is 48.7 cm³/mol. The lowest BCUT2D eigenvalue weighted by Crippen LogP contribution is -2.16. The van der Waals surface area contributed by atoms with Gasteiger partial charge in [-0.1, -0.05) is 11.3 Å². The summed E-state index contributed by atoms with van der Waals surface area (Å²) in [6, 6.07) is -0.134. The molecule has 0 aliphatic heterocycles. The van der Waals surface area contributed by atoms with Gasteiger partial charge in [0.1, 0.15) is 0 Å². The maximum absolute atomic E-state index is 12.1. The van der Waals surface area contributed by atoms with Crippen LogP contribution in [-0.2, 0) is 6.18 Å². The predicted octanol–water partition coefficient (Wildman–Crippen LogP) is 2.60. The van der Waals surface area contributed by atoms with Crippen LogP contribution in [0.5, 0.6) is 0 Å². The van der Waals surface area contributed by atoms with E-state index in [-0.39, 0.29) is 11.2 Å². The molecule has 1 atom stereocenters. The number of aromatic nitrogens is 2. The highest BCUT2D eigenvalue weighted by molar-refractivity contribution is 7.15. The average molecular weight is 246 g/mol. The summed E-state index contributed by atoms with van der Waals surface area (Å²) in [5.74, 6) is 0.293. The molecule has 0 fully saturated rings. The molecule has 0 aliphatic carbocycles. The van der Waals surface area contributed by atoms with Crippen molar-refractivity contribution in [1.82, 2.24) is 10.2 Å². The van der Waals surface area contributed by atoms with E-state index in [2.05, 4.69) is 15.5 Å². The van der Waals surface area contributed by atoms with Gasteiger partial charge in [0.05, 0.1) is 0 Å². The molecule has 1 aromatic heterocycles. The highest BCUT2D eigenvalue weighted by atomic mass is 35.5. The van der Waals surface area contributed by atoms with E-state index >= 15 is 0 Å². The maximum Gasteiger partial charge on any atom is 0.445 e. The molecule has 0 spiro atoms. The summed E-state index contributed by atoms with van der Waals surface area (Å²) in [5.41, 5.74) is 0. The van der Waals surface area contributed by atoms with Crippen LogP contribution in [0.1, 0.15) is 11.9 Å². The zero-order valence-electron chi connectivity index (χ0n) is 7.10. The van der Waals surface area contributed by atoms with E-state index < -0.39 is 11.2 Å². The third-order valence-corrected chi connectivity index (χ3v) is 2.63. The molecule has 14 heavy (non-hydrogen) atoms. The molecular weight excluding hydrogens is 239 g/mol. The van der Waals surface area contributed by atoms with E-state index in [1.807, 2.05) is 0 Å². The van der Waals surface area contributed by atoms with Gasteiger partial charge in [-0.05, 0) is 6.92 Å². The Labute approximate surface area is 87.3 Å². The van der Waals surface area contributed by atoms with Crippen LogP contribution in [0.25, 0.3) is 0 Å². The van der Waals surface area contributed by atoms with Gasteiger partial charge < -0.3 is 5.32 Å². The fraction of sp³-hybridized carbons (Fsp3) is 0.667. The number of rotatable bonds is 3. The van der Waals surface area contributed by atoms with Gasteiger partial charge in [-0.25, -0.2) is 0 Å². The molecule has 3 nitrogen and oxygen atoms in total. The van der Waals surface area contributed by atoms with Gasteiger partial charge in [-0.15, -0.1) is 21.8 Å². The van der Waals surface area contributed by atoms with Crippen LogP contribution in [0.4, 0.5) is 18.3 Å². The molecule has 0 radical (unpaired) electrons. The number of nitrogens with zero attached hydrogens (tertiary/aromatic N) is 2. The van der Waals surface area contributed by atoms with Crippen LogP contribution in [0, 0.1) is 0 Å². The van der Waals surface area contributed by atoms with Gasteiger partial charge in [0.2, 0.25) is 10.1 Å². The molecule has 1 aromatic rings. The Bertz CT molecular complexity index is 301. The molecule has 1 rings (SSSR count). The topological polar surface area (TPSA) is 37.8 Å². The summed E-state index contributed by atoms with van der Waals surface area (Å²) in [6.45, 7) is 1.74. The SMILES string of the molecule is CC(CCl)Nc1nnc(C(F)(F)F)s1. The van der Waals surface area contributed by atoms with Crippen LogP contribution in [0.15, 0.2) is 0 Å². The minimum Gasteiger partial charge on any atom is -0.356 e. The van der Waals surface area contributed by atoms with E-state index in [9.17, 15) is 13.2 Å². The quantitative estimate of drug-likeness (QED) is 0.832. The van der Waals surface area contributed by atoms with Crippen LogP contribution >= 0.6 is 22.9 Å². The van der Waals surface area contributed by atoms with Crippen LogP contribution in [0.2, 0.25) is 0 Å². The molecule has 0 aromatic carbocycles. The Morgan fingerprint density at radius 1 is 1.50 bits per heavy atom. The third-order valence-electron chi connectivity index (χ3n) is 1.27.